The molecule has 3 N–H and O–H groups in total. The van der Waals surface area contributed by atoms with Gasteiger partial charge in [0.05, 0.1) is 11.4 Å². The highest BCUT2D eigenvalue weighted by Gasteiger charge is 2.41. The molecule has 0 amide bonds. The number of rotatable bonds is 5. The van der Waals surface area contributed by atoms with Gasteiger partial charge >= 0.3 is 12.3 Å². The fraction of sp³-hybridized carbons (Fsp3) is 0.400. The predicted molar refractivity (Wildman–Crippen MR) is 66.7 cm³/mol. The summed E-state index contributed by atoms with van der Waals surface area (Å²) >= 11 is 5.63. The van der Waals surface area contributed by atoms with Crippen LogP contribution < -0.4 is 10.5 Å². The molecule has 0 spiro atoms. The average molecular weight is 335 g/mol. The van der Waals surface area contributed by atoms with Gasteiger partial charge in [-0.25, -0.2) is 21.9 Å². The number of alkyl halides is 4. The van der Waals surface area contributed by atoms with Gasteiger partial charge in [0, 0.05) is 10.7 Å². The van der Waals surface area contributed by atoms with Crippen molar-refractivity contribution < 1.29 is 26.0 Å². The lowest BCUT2D eigenvalue weighted by molar-refractivity contribution is -0.122. The third kappa shape index (κ3) is 3.74. The third-order valence-corrected chi connectivity index (χ3v) is 4.22. The molecule has 0 radical (unpaired) electrons. The zero-order valence-corrected chi connectivity index (χ0v) is 11.7. The van der Waals surface area contributed by atoms with Crippen molar-refractivity contribution >= 4 is 27.3 Å². The third-order valence-electron chi connectivity index (χ3n) is 2.47. The van der Waals surface area contributed by atoms with Crippen LogP contribution in [0.1, 0.15) is 5.56 Å². The van der Waals surface area contributed by atoms with Gasteiger partial charge in [0.15, 0.2) is 0 Å². The van der Waals surface area contributed by atoms with E-state index < -0.39 is 33.8 Å². The van der Waals surface area contributed by atoms with Gasteiger partial charge in [-0.05, 0) is 24.6 Å². The number of anilines is 1. The van der Waals surface area contributed by atoms with Crippen molar-refractivity contribution in [3.8, 4) is 0 Å². The molecule has 0 aliphatic heterocycles. The van der Waals surface area contributed by atoms with Crippen molar-refractivity contribution in [2.75, 3.05) is 12.3 Å². The Morgan fingerprint density at radius 1 is 1.40 bits per heavy atom. The number of sulfonamides is 1. The standard InChI is InChI=1S/C10H11ClF4N2O2S/c1-5-7(16)2-6(11)3-8(5)20(18,19)17-4-10(14,15)9(12)13/h2-3,9,17H,4,16H2,1H3. The molecular formula is C10H11ClF4N2O2S. The minimum atomic E-state index is -4.47. The summed E-state index contributed by atoms with van der Waals surface area (Å²) in [6, 6.07) is 2.28. The predicted octanol–water partition coefficient (Wildman–Crippen LogP) is 2.41. The molecule has 0 saturated carbocycles. The van der Waals surface area contributed by atoms with Crippen molar-refractivity contribution in [1.82, 2.24) is 4.72 Å². The van der Waals surface area contributed by atoms with Crippen LogP contribution in [0.5, 0.6) is 0 Å². The number of nitrogen functional groups attached to an aromatic ring is 1. The summed E-state index contributed by atoms with van der Waals surface area (Å²) in [5.41, 5.74) is 5.63. The molecule has 0 bridgehead atoms. The Bertz CT molecular complexity index is 608. The molecule has 0 fully saturated rings. The molecule has 0 atom stereocenters. The highest BCUT2D eigenvalue weighted by Crippen LogP contribution is 2.27. The number of nitrogens with two attached hydrogens (primary N) is 1. The Labute approximate surface area is 118 Å². The van der Waals surface area contributed by atoms with Crippen molar-refractivity contribution in [3.63, 3.8) is 0 Å². The van der Waals surface area contributed by atoms with Gasteiger partial charge in [-0.3, -0.25) is 0 Å². The fourth-order valence-corrected chi connectivity index (χ4v) is 2.93. The quantitative estimate of drug-likeness (QED) is 0.641. The van der Waals surface area contributed by atoms with Gasteiger partial charge in [0.1, 0.15) is 0 Å². The molecule has 1 aromatic carbocycles. The van der Waals surface area contributed by atoms with Crippen LogP contribution in [0.4, 0.5) is 23.2 Å². The van der Waals surface area contributed by atoms with Crippen molar-refractivity contribution in [2.24, 2.45) is 0 Å². The average Bonchev–Trinajstić information content (AvgIpc) is 2.31. The second-order valence-corrected chi connectivity index (χ2v) is 6.18. The lowest BCUT2D eigenvalue weighted by Crippen LogP contribution is -2.41. The van der Waals surface area contributed by atoms with Gasteiger partial charge in [0.25, 0.3) is 0 Å². The Hall–Kier alpha value is -1.06. The van der Waals surface area contributed by atoms with Crippen molar-refractivity contribution in [3.05, 3.63) is 22.7 Å². The van der Waals surface area contributed by atoms with E-state index in [1.165, 1.54) is 17.7 Å². The summed E-state index contributed by atoms with van der Waals surface area (Å²) in [7, 11) is -4.43. The second-order valence-electron chi connectivity index (χ2n) is 4.00. The molecular weight excluding hydrogens is 324 g/mol. The minimum Gasteiger partial charge on any atom is -0.398 e. The number of hydrogen-bond donors (Lipinski definition) is 2. The maximum atomic E-state index is 12.7. The van der Waals surface area contributed by atoms with Crippen LogP contribution in [-0.2, 0) is 10.0 Å². The number of hydrogen-bond acceptors (Lipinski definition) is 3. The monoisotopic (exact) mass is 334 g/mol. The van der Waals surface area contributed by atoms with E-state index in [1.807, 2.05) is 0 Å². The van der Waals surface area contributed by atoms with Gasteiger partial charge in [-0.1, -0.05) is 11.6 Å². The molecule has 4 nitrogen and oxygen atoms in total. The maximum absolute atomic E-state index is 12.7. The minimum absolute atomic E-state index is 0.0194. The van der Waals surface area contributed by atoms with E-state index in [0.29, 0.717) is 0 Å². The highest BCUT2D eigenvalue weighted by atomic mass is 35.5. The Balaban J connectivity index is 3.07. The van der Waals surface area contributed by atoms with Gasteiger partial charge in [-0.2, -0.15) is 8.78 Å². The van der Waals surface area contributed by atoms with Gasteiger partial charge < -0.3 is 5.73 Å². The van der Waals surface area contributed by atoms with E-state index >= 15 is 0 Å². The molecule has 0 aliphatic carbocycles. The molecule has 114 valence electrons. The molecule has 1 aromatic rings. The number of benzene rings is 1. The van der Waals surface area contributed by atoms with Crippen LogP contribution in [0.25, 0.3) is 0 Å². The van der Waals surface area contributed by atoms with E-state index in [1.54, 1.807) is 0 Å². The largest absolute Gasteiger partial charge is 0.398 e. The van der Waals surface area contributed by atoms with Crippen molar-refractivity contribution in [1.29, 1.82) is 0 Å². The second kappa shape index (κ2) is 5.74. The first-order chi connectivity index (χ1) is 8.97. The zero-order chi connectivity index (χ0) is 15.7. The van der Waals surface area contributed by atoms with Crippen molar-refractivity contribution in [2.45, 2.75) is 24.2 Å². The summed E-state index contributed by atoms with van der Waals surface area (Å²) in [5.74, 6) is -4.47. The molecule has 0 unspecified atom stereocenters. The molecule has 0 aliphatic rings. The molecule has 0 saturated heterocycles. The van der Waals surface area contributed by atoms with E-state index in [9.17, 15) is 26.0 Å². The van der Waals surface area contributed by atoms with Crippen LogP contribution in [0.3, 0.4) is 0 Å². The molecule has 10 heteroatoms. The van der Waals surface area contributed by atoms with Crippen LogP contribution in [0, 0.1) is 6.92 Å². The molecule has 1 rings (SSSR count). The Morgan fingerprint density at radius 2 is 1.95 bits per heavy atom. The first-order valence-electron chi connectivity index (χ1n) is 5.18. The summed E-state index contributed by atoms with van der Waals surface area (Å²) in [6.07, 6.45) is -3.98. The number of halogens is 5. The van der Waals surface area contributed by atoms with Gasteiger partial charge in [0.2, 0.25) is 10.0 Å². The molecule has 20 heavy (non-hydrogen) atoms. The zero-order valence-electron chi connectivity index (χ0n) is 10.1. The first kappa shape index (κ1) is 17.0. The fourth-order valence-electron chi connectivity index (χ4n) is 1.30. The SMILES string of the molecule is Cc1c(N)cc(Cl)cc1S(=O)(=O)NCC(F)(F)C(F)F. The van der Waals surface area contributed by atoms with E-state index in [0.717, 1.165) is 6.07 Å². The van der Waals surface area contributed by atoms with Crippen LogP contribution in [-0.4, -0.2) is 27.3 Å². The normalized spacial score (nSPS) is 12.9. The topological polar surface area (TPSA) is 72.2 Å². The summed E-state index contributed by atoms with van der Waals surface area (Å²) in [4.78, 5) is -0.437. The van der Waals surface area contributed by atoms with E-state index in [4.69, 9.17) is 17.3 Å². The maximum Gasteiger partial charge on any atom is 0.320 e. The summed E-state index contributed by atoms with van der Waals surface area (Å²) in [5, 5.41) is -0.0194. The van der Waals surface area contributed by atoms with Crippen LogP contribution in [0.15, 0.2) is 17.0 Å². The summed E-state index contributed by atoms with van der Waals surface area (Å²) in [6.45, 7) is -0.385. The lowest BCUT2D eigenvalue weighted by atomic mass is 10.2. The van der Waals surface area contributed by atoms with Gasteiger partial charge in [-0.15, -0.1) is 0 Å². The molecule has 0 heterocycles. The van der Waals surface area contributed by atoms with E-state index in [2.05, 4.69) is 0 Å². The Kier molecular flexibility index (Phi) is 4.88. The number of nitrogens with one attached hydrogen (secondary N) is 1. The lowest BCUT2D eigenvalue weighted by Gasteiger charge is -2.17. The summed E-state index contributed by atoms with van der Waals surface area (Å²) < 4.78 is 74.5. The first-order valence-corrected chi connectivity index (χ1v) is 7.05. The van der Waals surface area contributed by atoms with Crippen LogP contribution >= 0.6 is 11.6 Å². The smallest absolute Gasteiger partial charge is 0.320 e. The Morgan fingerprint density at radius 3 is 2.45 bits per heavy atom. The highest BCUT2D eigenvalue weighted by molar-refractivity contribution is 7.89. The van der Waals surface area contributed by atoms with E-state index in [-0.39, 0.29) is 16.3 Å². The van der Waals surface area contributed by atoms with Crippen LogP contribution in [0.2, 0.25) is 5.02 Å². The molecule has 0 aromatic heterocycles.